The lowest BCUT2D eigenvalue weighted by Crippen LogP contribution is -2.22. The van der Waals surface area contributed by atoms with Crippen LogP contribution in [0.3, 0.4) is 0 Å². The van der Waals surface area contributed by atoms with E-state index in [1.165, 1.54) is 6.92 Å². The van der Waals surface area contributed by atoms with Gasteiger partial charge in [0.1, 0.15) is 0 Å². The molecule has 0 spiro atoms. The van der Waals surface area contributed by atoms with E-state index in [0.29, 0.717) is 24.3 Å². The molecule has 0 aromatic heterocycles. The highest BCUT2D eigenvalue weighted by Crippen LogP contribution is 2.25. The van der Waals surface area contributed by atoms with Crippen molar-refractivity contribution in [3.8, 4) is 0 Å². The van der Waals surface area contributed by atoms with Crippen molar-refractivity contribution in [1.29, 1.82) is 0 Å². The summed E-state index contributed by atoms with van der Waals surface area (Å²) in [6.07, 6.45) is -1.47. The van der Waals surface area contributed by atoms with Gasteiger partial charge in [-0.3, -0.25) is 4.79 Å². The van der Waals surface area contributed by atoms with Crippen LogP contribution in [0.2, 0.25) is 0 Å². The zero-order valence-electron chi connectivity index (χ0n) is 9.63. The summed E-state index contributed by atoms with van der Waals surface area (Å²) in [7, 11) is 0. The number of aliphatic hydroxyl groups is 2. The van der Waals surface area contributed by atoms with Gasteiger partial charge in [0.2, 0.25) is 0 Å². The zero-order valence-corrected chi connectivity index (χ0v) is 9.63. The maximum absolute atomic E-state index is 11.2. The first-order chi connectivity index (χ1) is 7.99. The lowest BCUT2D eigenvalue weighted by atomic mass is 10.1. The Kier molecular flexibility index (Phi) is 3.04. The lowest BCUT2D eigenvalue weighted by Gasteiger charge is -2.18. The van der Waals surface area contributed by atoms with E-state index in [2.05, 4.69) is 0 Å². The van der Waals surface area contributed by atoms with E-state index < -0.39 is 12.2 Å². The molecule has 1 heterocycles. The number of aliphatic hydroxyl groups excluding tert-OH is 2. The van der Waals surface area contributed by atoms with Gasteiger partial charge in [-0.25, -0.2) is 0 Å². The molecule has 2 rings (SSSR count). The third-order valence-corrected chi connectivity index (χ3v) is 3.04. The van der Waals surface area contributed by atoms with Gasteiger partial charge in [0.05, 0.1) is 12.2 Å². The third kappa shape index (κ3) is 2.25. The Hall–Kier alpha value is -1.59. The number of ketones is 1. The van der Waals surface area contributed by atoms with Crippen molar-refractivity contribution in [3.63, 3.8) is 0 Å². The highest BCUT2D eigenvalue weighted by atomic mass is 16.3. The number of rotatable bonds is 2. The van der Waals surface area contributed by atoms with Gasteiger partial charge < -0.3 is 20.8 Å². The summed E-state index contributed by atoms with van der Waals surface area (Å²) in [6, 6.07) is 5.14. The molecule has 1 fully saturated rings. The molecule has 0 radical (unpaired) electrons. The molecule has 1 aliphatic rings. The Morgan fingerprint density at radius 2 is 1.94 bits per heavy atom. The van der Waals surface area contributed by atoms with Gasteiger partial charge in [-0.2, -0.15) is 0 Å². The number of nitrogens with zero attached hydrogens (tertiary/aromatic N) is 1. The van der Waals surface area contributed by atoms with E-state index in [1.807, 2.05) is 4.90 Å². The number of benzene rings is 1. The van der Waals surface area contributed by atoms with Gasteiger partial charge in [-0.05, 0) is 25.1 Å². The van der Waals surface area contributed by atoms with Crippen LogP contribution in [0.5, 0.6) is 0 Å². The van der Waals surface area contributed by atoms with Gasteiger partial charge >= 0.3 is 0 Å². The highest BCUT2D eigenvalue weighted by Gasteiger charge is 2.29. The van der Waals surface area contributed by atoms with Crippen molar-refractivity contribution in [3.05, 3.63) is 23.8 Å². The molecule has 1 saturated heterocycles. The fourth-order valence-corrected chi connectivity index (χ4v) is 2.05. The first kappa shape index (κ1) is 11.9. The van der Waals surface area contributed by atoms with Crippen molar-refractivity contribution in [2.45, 2.75) is 19.1 Å². The summed E-state index contributed by atoms with van der Waals surface area (Å²) in [5.41, 5.74) is 7.51. The molecule has 0 aliphatic carbocycles. The van der Waals surface area contributed by atoms with Gasteiger partial charge in [0.15, 0.2) is 5.78 Å². The van der Waals surface area contributed by atoms with E-state index in [9.17, 15) is 15.0 Å². The Balaban J connectivity index is 2.24. The predicted octanol–water partition coefficient (Wildman–Crippen LogP) is 0.0132. The predicted molar refractivity (Wildman–Crippen MR) is 65.1 cm³/mol. The second-order valence-electron chi connectivity index (χ2n) is 4.37. The molecule has 0 saturated carbocycles. The van der Waals surface area contributed by atoms with Crippen LogP contribution in [-0.4, -0.2) is 41.3 Å². The molecule has 1 aromatic rings. The normalized spacial score (nSPS) is 24.1. The minimum Gasteiger partial charge on any atom is -0.398 e. The fraction of sp³-hybridized carbons (Fsp3) is 0.417. The molecule has 5 nitrogen and oxygen atoms in total. The minimum atomic E-state index is -0.733. The standard InChI is InChI=1S/C12H16N2O3/c1-7(15)9-3-2-8(4-10(9)13)14-5-11(16)12(17)6-14/h2-4,11-12,16-17H,5-6,13H2,1H3. The van der Waals surface area contributed by atoms with Crippen molar-refractivity contribution >= 4 is 17.2 Å². The van der Waals surface area contributed by atoms with Crippen molar-refractivity contribution in [1.82, 2.24) is 0 Å². The molecule has 2 unspecified atom stereocenters. The van der Waals surface area contributed by atoms with Crippen LogP contribution in [0.25, 0.3) is 0 Å². The summed E-state index contributed by atoms with van der Waals surface area (Å²) in [6.45, 7) is 2.22. The number of carbonyl (C=O) groups is 1. The van der Waals surface area contributed by atoms with Crippen LogP contribution >= 0.6 is 0 Å². The molecule has 1 aliphatic heterocycles. The molecule has 2 atom stereocenters. The van der Waals surface area contributed by atoms with Crippen LogP contribution in [0.1, 0.15) is 17.3 Å². The summed E-state index contributed by atoms with van der Waals surface area (Å²) in [4.78, 5) is 13.1. The molecular formula is C12H16N2O3. The fourth-order valence-electron chi connectivity index (χ4n) is 2.05. The van der Waals surface area contributed by atoms with E-state index in [-0.39, 0.29) is 5.78 Å². The number of hydrogen-bond acceptors (Lipinski definition) is 5. The lowest BCUT2D eigenvalue weighted by molar-refractivity contribution is 0.0572. The molecule has 5 heteroatoms. The topological polar surface area (TPSA) is 86.8 Å². The quantitative estimate of drug-likeness (QED) is 0.497. The Morgan fingerprint density at radius 3 is 2.41 bits per heavy atom. The van der Waals surface area contributed by atoms with Gasteiger partial charge in [-0.1, -0.05) is 0 Å². The van der Waals surface area contributed by atoms with Crippen molar-refractivity contribution in [2.75, 3.05) is 23.7 Å². The maximum atomic E-state index is 11.2. The van der Waals surface area contributed by atoms with Gasteiger partial charge in [-0.15, -0.1) is 0 Å². The van der Waals surface area contributed by atoms with Crippen LogP contribution in [0.4, 0.5) is 11.4 Å². The summed E-state index contributed by atoms with van der Waals surface area (Å²) in [5, 5.41) is 18.9. The number of Topliss-reactive ketones (excluding diaryl/α,β-unsaturated/α-hetero) is 1. The van der Waals surface area contributed by atoms with E-state index in [0.717, 1.165) is 5.69 Å². The van der Waals surface area contributed by atoms with E-state index in [4.69, 9.17) is 5.73 Å². The molecule has 4 N–H and O–H groups in total. The number of nitrogens with two attached hydrogens (primary N) is 1. The van der Waals surface area contributed by atoms with E-state index >= 15 is 0 Å². The monoisotopic (exact) mass is 236 g/mol. The van der Waals surface area contributed by atoms with Gasteiger partial charge in [0.25, 0.3) is 0 Å². The summed E-state index contributed by atoms with van der Waals surface area (Å²) >= 11 is 0. The average Bonchev–Trinajstić information content (AvgIpc) is 2.58. The Labute approximate surface area is 99.5 Å². The minimum absolute atomic E-state index is 0.0736. The zero-order chi connectivity index (χ0) is 12.6. The molecule has 92 valence electrons. The average molecular weight is 236 g/mol. The second-order valence-corrected chi connectivity index (χ2v) is 4.37. The smallest absolute Gasteiger partial charge is 0.161 e. The Morgan fingerprint density at radius 1 is 1.35 bits per heavy atom. The number of hydrogen-bond donors (Lipinski definition) is 3. The third-order valence-electron chi connectivity index (χ3n) is 3.04. The molecule has 1 aromatic carbocycles. The van der Waals surface area contributed by atoms with Crippen LogP contribution in [-0.2, 0) is 0 Å². The first-order valence-electron chi connectivity index (χ1n) is 5.50. The van der Waals surface area contributed by atoms with Crippen molar-refractivity contribution < 1.29 is 15.0 Å². The Bertz CT molecular complexity index is 437. The van der Waals surface area contributed by atoms with Crippen molar-refractivity contribution in [2.24, 2.45) is 0 Å². The van der Waals surface area contributed by atoms with Gasteiger partial charge in [0, 0.05) is 30.0 Å². The SMILES string of the molecule is CC(=O)c1ccc(N2CC(O)C(O)C2)cc1N. The number of anilines is 2. The van der Waals surface area contributed by atoms with Crippen LogP contribution in [0, 0.1) is 0 Å². The largest absolute Gasteiger partial charge is 0.398 e. The maximum Gasteiger partial charge on any atom is 0.161 e. The van der Waals surface area contributed by atoms with E-state index in [1.54, 1.807) is 18.2 Å². The summed E-state index contributed by atoms with van der Waals surface area (Å²) < 4.78 is 0. The molecular weight excluding hydrogens is 220 g/mol. The number of nitrogen functional groups attached to an aromatic ring is 1. The van der Waals surface area contributed by atoms with Crippen LogP contribution < -0.4 is 10.6 Å². The molecule has 17 heavy (non-hydrogen) atoms. The second kappa shape index (κ2) is 4.35. The number of β-amino-alcohol motifs (C(OH)–C–C–N with tert-alkyl or cyclic N) is 2. The number of carbonyl (C=O) groups excluding carboxylic acids is 1. The molecule has 0 amide bonds. The highest BCUT2D eigenvalue weighted by molar-refractivity contribution is 5.99. The summed E-state index contributed by atoms with van der Waals surface area (Å²) in [5.74, 6) is -0.0736. The molecule has 0 bridgehead atoms. The first-order valence-corrected chi connectivity index (χ1v) is 5.50. The van der Waals surface area contributed by atoms with Crippen LogP contribution in [0.15, 0.2) is 18.2 Å².